The lowest BCUT2D eigenvalue weighted by Gasteiger charge is -2.13. The van der Waals surface area contributed by atoms with Crippen molar-refractivity contribution >= 4 is 0 Å². The van der Waals surface area contributed by atoms with Gasteiger partial charge in [0.2, 0.25) is 0 Å². The van der Waals surface area contributed by atoms with Crippen LogP contribution in [0.15, 0.2) is 0 Å². The fraction of sp³-hybridized carbons (Fsp3) is 0.875. The molecule has 2 nitrogen and oxygen atoms in total. The monoisotopic (exact) mass is 138 g/mol. The molecule has 0 bridgehead atoms. The normalized spacial score (nSPS) is 20.6. The molecule has 1 rings (SSSR count). The summed E-state index contributed by atoms with van der Waals surface area (Å²) >= 11 is 0. The fourth-order valence-corrected chi connectivity index (χ4v) is 0.883. The third-order valence-corrected chi connectivity index (χ3v) is 1.80. The van der Waals surface area contributed by atoms with Crippen molar-refractivity contribution in [3.05, 3.63) is 0 Å². The molecular weight excluding hydrogens is 124 g/mol. The summed E-state index contributed by atoms with van der Waals surface area (Å²) in [5.41, 5.74) is 0. The van der Waals surface area contributed by atoms with Gasteiger partial charge < -0.3 is 0 Å². The second kappa shape index (κ2) is 3.03. The Morgan fingerprint density at radius 3 is 2.40 bits per heavy atom. The van der Waals surface area contributed by atoms with Crippen molar-refractivity contribution in [1.82, 2.24) is 5.32 Å². The smallest absolute Gasteiger partial charge is 0.0978 e. The zero-order valence-corrected chi connectivity index (χ0v) is 6.59. The van der Waals surface area contributed by atoms with Gasteiger partial charge in [-0.05, 0) is 18.8 Å². The van der Waals surface area contributed by atoms with E-state index in [4.69, 9.17) is 5.26 Å². The minimum Gasteiger partial charge on any atom is -0.299 e. The Hall–Kier alpha value is -0.550. The molecule has 2 heteroatoms. The van der Waals surface area contributed by atoms with E-state index in [0.717, 1.165) is 0 Å². The minimum absolute atomic E-state index is 0.0625. The highest BCUT2D eigenvalue weighted by molar-refractivity contribution is 4.97. The van der Waals surface area contributed by atoms with Gasteiger partial charge in [0.15, 0.2) is 0 Å². The zero-order chi connectivity index (χ0) is 7.56. The molecule has 56 valence electrons. The summed E-state index contributed by atoms with van der Waals surface area (Å²) in [5, 5.41) is 11.9. The fourth-order valence-electron chi connectivity index (χ4n) is 0.883. The molecule has 0 aromatic rings. The third kappa shape index (κ3) is 2.00. The molecule has 0 aromatic heterocycles. The molecule has 0 spiro atoms. The molecule has 10 heavy (non-hydrogen) atoms. The van der Waals surface area contributed by atoms with Crippen LogP contribution in [-0.2, 0) is 0 Å². The van der Waals surface area contributed by atoms with E-state index in [2.05, 4.69) is 25.2 Å². The van der Waals surface area contributed by atoms with E-state index in [1.54, 1.807) is 0 Å². The first-order valence-corrected chi connectivity index (χ1v) is 3.89. The Morgan fingerprint density at radius 2 is 2.10 bits per heavy atom. The van der Waals surface area contributed by atoms with Crippen LogP contribution in [0.25, 0.3) is 0 Å². The van der Waals surface area contributed by atoms with Crippen LogP contribution in [0.5, 0.6) is 0 Å². The van der Waals surface area contributed by atoms with Crippen molar-refractivity contribution in [2.45, 2.75) is 38.8 Å². The van der Waals surface area contributed by atoms with E-state index in [-0.39, 0.29) is 6.04 Å². The summed E-state index contributed by atoms with van der Waals surface area (Å²) in [5.74, 6) is 0.436. The lowest BCUT2D eigenvalue weighted by molar-refractivity contribution is 0.470. The molecule has 1 fully saturated rings. The standard InChI is InChI=1S/C8H14N2/c1-6(2)8(5-9)10-7-3-4-7/h6-8,10H,3-4H2,1-2H3. The Kier molecular flexibility index (Phi) is 2.29. The van der Waals surface area contributed by atoms with Crippen LogP contribution in [0.4, 0.5) is 0 Å². The van der Waals surface area contributed by atoms with Gasteiger partial charge in [-0.2, -0.15) is 5.26 Å². The van der Waals surface area contributed by atoms with Crippen molar-refractivity contribution in [2.75, 3.05) is 0 Å². The van der Waals surface area contributed by atoms with Crippen LogP contribution in [0.3, 0.4) is 0 Å². The lowest BCUT2D eigenvalue weighted by Crippen LogP contribution is -2.33. The average Bonchev–Trinajstić information content (AvgIpc) is 2.64. The maximum absolute atomic E-state index is 8.66. The molecule has 1 saturated carbocycles. The molecule has 1 aliphatic rings. The van der Waals surface area contributed by atoms with E-state index < -0.39 is 0 Å². The van der Waals surface area contributed by atoms with E-state index in [1.807, 2.05) is 0 Å². The molecule has 0 radical (unpaired) electrons. The molecule has 1 aliphatic carbocycles. The highest BCUT2D eigenvalue weighted by Crippen LogP contribution is 2.20. The number of nitrogens with zero attached hydrogens (tertiary/aromatic N) is 1. The van der Waals surface area contributed by atoms with Crippen molar-refractivity contribution in [3.8, 4) is 6.07 Å². The van der Waals surface area contributed by atoms with Crippen LogP contribution in [0.2, 0.25) is 0 Å². The zero-order valence-electron chi connectivity index (χ0n) is 6.59. The van der Waals surface area contributed by atoms with E-state index >= 15 is 0 Å². The second-order valence-corrected chi connectivity index (χ2v) is 3.29. The van der Waals surface area contributed by atoms with Gasteiger partial charge in [-0.1, -0.05) is 13.8 Å². The number of hydrogen-bond donors (Lipinski definition) is 1. The van der Waals surface area contributed by atoms with E-state index in [9.17, 15) is 0 Å². The van der Waals surface area contributed by atoms with Gasteiger partial charge in [0.1, 0.15) is 0 Å². The second-order valence-electron chi connectivity index (χ2n) is 3.29. The topological polar surface area (TPSA) is 35.8 Å². The number of nitriles is 1. The Balaban J connectivity index is 2.26. The Morgan fingerprint density at radius 1 is 1.50 bits per heavy atom. The lowest BCUT2D eigenvalue weighted by atomic mass is 10.1. The van der Waals surface area contributed by atoms with Gasteiger partial charge in [-0.15, -0.1) is 0 Å². The molecule has 0 amide bonds. The predicted molar refractivity (Wildman–Crippen MR) is 40.4 cm³/mol. The maximum Gasteiger partial charge on any atom is 0.0978 e. The first-order chi connectivity index (χ1) is 4.74. The van der Waals surface area contributed by atoms with Crippen molar-refractivity contribution in [1.29, 1.82) is 5.26 Å². The van der Waals surface area contributed by atoms with Crippen LogP contribution in [0.1, 0.15) is 26.7 Å². The summed E-state index contributed by atoms with van der Waals surface area (Å²) in [6.45, 7) is 4.15. The van der Waals surface area contributed by atoms with Crippen LogP contribution in [-0.4, -0.2) is 12.1 Å². The molecule has 0 aromatic carbocycles. The number of nitrogens with one attached hydrogen (secondary N) is 1. The molecule has 0 heterocycles. The van der Waals surface area contributed by atoms with Gasteiger partial charge in [0, 0.05) is 6.04 Å². The first-order valence-electron chi connectivity index (χ1n) is 3.89. The van der Waals surface area contributed by atoms with Crippen LogP contribution in [0, 0.1) is 17.2 Å². The molecule has 0 aliphatic heterocycles. The average molecular weight is 138 g/mol. The molecule has 1 N–H and O–H groups in total. The third-order valence-electron chi connectivity index (χ3n) is 1.80. The molecular formula is C8H14N2. The van der Waals surface area contributed by atoms with Gasteiger partial charge in [0.25, 0.3) is 0 Å². The van der Waals surface area contributed by atoms with Gasteiger partial charge in [0.05, 0.1) is 12.1 Å². The van der Waals surface area contributed by atoms with Crippen molar-refractivity contribution in [3.63, 3.8) is 0 Å². The first kappa shape index (κ1) is 7.56. The summed E-state index contributed by atoms with van der Waals surface area (Å²) in [4.78, 5) is 0. The Labute approximate surface area is 62.2 Å². The van der Waals surface area contributed by atoms with Gasteiger partial charge in [-0.25, -0.2) is 0 Å². The molecule has 1 unspecified atom stereocenters. The minimum atomic E-state index is 0.0625. The van der Waals surface area contributed by atoms with Crippen LogP contribution < -0.4 is 5.32 Å². The summed E-state index contributed by atoms with van der Waals surface area (Å²) in [6.07, 6.45) is 2.51. The van der Waals surface area contributed by atoms with Crippen molar-refractivity contribution < 1.29 is 0 Å². The van der Waals surface area contributed by atoms with Gasteiger partial charge >= 0.3 is 0 Å². The molecule has 1 atom stereocenters. The summed E-state index contributed by atoms with van der Waals surface area (Å²) in [7, 11) is 0. The largest absolute Gasteiger partial charge is 0.299 e. The number of rotatable bonds is 3. The van der Waals surface area contributed by atoms with Gasteiger partial charge in [-0.3, -0.25) is 5.32 Å². The summed E-state index contributed by atoms with van der Waals surface area (Å²) < 4.78 is 0. The highest BCUT2D eigenvalue weighted by Gasteiger charge is 2.25. The summed E-state index contributed by atoms with van der Waals surface area (Å²) in [6, 6.07) is 2.97. The van der Waals surface area contributed by atoms with E-state index in [1.165, 1.54) is 12.8 Å². The van der Waals surface area contributed by atoms with Crippen molar-refractivity contribution in [2.24, 2.45) is 5.92 Å². The SMILES string of the molecule is CC(C)C(C#N)NC1CC1. The highest BCUT2D eigenvalue weighted by atomic mass is 15.0. The quantitative estimate of drug-likeness (QED) is 0.637. The number of hydrogen-bond acceptors (Lipinski definition) is 2. The van der Waals surface area contributed by atoms with Crippen LogP contribution >= 0.6 is 0 Å². The molecule has 0 saturated heterocycles. The van der Waals surface area contributed by atoms with E-state index in [0.29, 0.717) is 12.0 Å². The Bertz CT molecular complexity index is 142. The maximum atomic E-state index is 8.66. The predicted octanol–water partition coefficient (Wildman–Crippen LogP) is 1.29.